The summed E-state index contributed by atoms with van der Waals surface area (Å²) in [6, 6.07) is 0.0521. The Labute approximate surface area is 105 Å². The van der Waals surface area contributed by atoms with E-state index in [1.165, 1.54) is 4.68 Å². The van der Waals surface area contributed by atoms with Gasteiger partial charge >= 0.3 is 0 Å². The predicted octanol–water partition coefficient (Wildman–Crippen LogP) is 0.275. The first-order chi connectivity index (χ1) is 8.56. The first kappa shape index (κ1) is 12.2. The summed E-state index contributed by atoms with van der Waals surface area (Å²) in [5.74, 6) is 0.513. The molecule has 0 aromatic carbocycles. The second kappa shape index (κ2) is 4.91. The summed E-state index contributed by atoms with van der Waals surface area (Å²) in [4.78, 5) is 15.0. The minimum Gasteiger partial charge on any atom is -0.373 e. The molecular formula is C11H16N6O. The third-order valence-electron chi connectivity index (χ3n) is 2.58. The van der Waals surface area contributed by atoms with E-state index >= 15 is 0 Å². The molecule has 7 heteroatoms. The summed E-state index contributed by atoms with van der Waals surface area (Å²) < 4.78 is 3.45. The molecule has 0 saturated heterocycles. The van der Waals surface area contributed by atoms with Crippen LogP contribution in [-0.4, -0.2) is 25.2 Å². The summed E-state index contributed by atoms with van der Waals surface area (Å²) in [7, 11) is 1.94. The van der Waals surface area contributed by atoms with E-state index in [-0.39, 0.29) is 12.6 Å². The first-order valence-corrected chi connectivity index (χ1v) is 5.61. The second-order valence-electron chi connectivity index (χ2n) is 4.16. The number of anilines is 1. The molecule has 7 nitrogen and oxygen atoms in total. The summed E-state index contributed by atoms with van der Waals surface area (Å²) in [5.41, 5.74) is 5.92. The van der Waals surface area contributed by atoms with Crippen molar-refractivity contribution in [2.24, 2.45) is 12.8 Å². The molecule has 2 aromatic heterocycles. The third kappa shape index (κ3) is 2.68. The number of rotatable bonds is 5. The van der Waals surface area contributed by atoms with E-state index in [4.69, 9.17) is 5.73 Å². The molecule has 1 atom stereocenters. The number of carbonyl (C=O) groups is 1. The van der Waals surface area contributed by atoms with Crippen molar-refractivity contribution >= 4 is 11.6 Å². The molecule has 0 aliphatic carbocycles. The molecule has 0 saturated carbocycles. The average molecular weight is 248 g/mol. The van der Waals surface area contributed by atoms with Gasteiger partial charge in [-0.25, -0.2) is 4.98 Å². The number of amides is 1. The molecule has 2 heterocycles. The van der Waals surface area contributed by atoms with Crippen molar-refractivity contribution in [2.75, 3.05) is 5.32 Å². The van der Waals surface area contributed by atoms with E-state index < -0.39 is 5.91 Å². The van der Waals surface area contributed by atoms with Crippen LogP contribution in [0.3, 0.4) is 0 Å². The number of hydrogen-bond acceptors (Lipinski definition) is 4. The maximum atomic E-state index is 10.8. The van der Waals surface area contributed by atoms with Gasteiger partial charge in [0.1, 0.15) is 12.4 Å². The fourth-order valence-corrected chi connectivity index (χ4v) is 1.79. The number of carbonyl (C=O) groups excluding carboxylic acids is 1. The lowest BCUT2D eigenvalue weighted by Crippen LogP contribution is -2.18. The third-order valence-corrected chi connectivity index (χ3v) is 2.58. The maximum absolute atomic E-state index is 10.8. The van der Waals surface area contributed by atoms with Gasteiger partial charge in [0.25, 0.3) is 0 Å². The minimum absolute atomic E-state index is 0.0521. The molecule has 2 rings (SSSR count). The van der Waals surface area contributed by atoms with Gasteiger partial charge < -0.3 is 15.6 Å². The van der Waals surface area contributed by atoms with E-state index in [0.717, 1.165) is 11.5 Å². The van der Waals surface area contributed by atoms with Crippen molar-refractivity contribution in [2.45, 2.75) is 19.5 Å². The highest BCUT2D eigenvalue weighted by Gasteiger charge is 2.11. The Kier molecular flexibility index (Phi) is 3.31. The number of nitrogens with zero attached hydrogens (tertiary/aromatic N) is 4. The second-order valence-corrected chi connectivity index (χ2v) is 4.16. The smallest absolute Gasteiger partial charge is 0.239 e. The molecule has 0 bridgehead atoms. The maximum Gasteiger partial charge on any atom is 0.239 e. The molecule has 1 unspecified atom stereocenters. The first-order valence-electron chi connectivity index (χ1n) is 5.61. The fourth-order valence-electron chi connectivity index (χ4n) is 1.79. The zero-order valence-electron chi connectivity index (χ0n) is 10.4. The van der Waals surface area contributed by atoms with E-state index in [2.05, 4.69) is 15.4 Å². The van der Waals surface area contributed by atoms with Crippen molar-refractivity contribution in [3.63, 3.8) is 0 Å². The van der Waals surface area contributed by atoms with Crippen LogP contribution in [0, 0.1) is 0 Å². The van der Waals surface area contributed by atoms with Crippen LogP contribution in [0.5, 0.6) is 0 Å². The predicted molar refractivity (Wildman–Crippen MR) is 66.7 cm³/mol. The van der Waals surface area contributed by atoms with Crippen LogP contribution in [0.15, 0.2) is 24.8 Å². The number of hydrogen-bond donors (Lipinski definition) is 2. The molecule has 0 aliphatic heterocycles. The summed E-state index contributed by atoms with van der Waals surface area (Å²) >= 11 is 0. The summed E-state index contributed by atoms with van der Waals surface area (Å²) in [5, 5.41) is 7.30. The van der Waals surface area contributed by atoms with Gasteiger partial charge in [-0.15, -0.1) is 0 Å². The lowest BCUT2D eigenvalue weighted by molar-refractivity contribution is -0.118. The van der Waals surface area contributed by atoms with Gasteiger partial charge in [-0.3, -0.25) is 9.48 Å². The van der Waals surface area contributed by atoms with E-state index in [1.807, 2.05) is 24.7 Å². The van der Waals surface area contributed by atoms with Crippen molar-refractivity contribution in [1.82, 2.24) is 19.3 Å². The van der Waals surface area contributed by atoms with Crippen molar-refractivity contribution < 1.29 is 4.79 Å². The highest BCUT2D eigenvalue weighted by atomic mass is 16.1. The van der Waals surface area contributed by atoms with Gasteiger partial charge in [0, 0.05) is 25.6 Å². The highest BCUT2D eigenvalue weighted by molar-refractivity contribution is 5.73. The van der Waals surface area contributed by atoms with Gasteiger partial charge in [0.15, 0.2) is 0 Å². The Bertz CT molecular complexity index is 543. The Morgan fingerprint density at radius 2 is 2.39 bits per heavy atom. The van der Waals surface area contributed by atoms with Crippen LogP contribution in [0.25, 0.3) is 0 Å². The Balaban J connectivity index is 2.03. The normalized spacial score (nSPS) is 12.3. The molecule has 0 aliphatic rings. The molecule has 3 N–H and O–H groups in total. The number of nitrogens with two attached hydrogens (primary N) is 1. The monoisotopic (exact) mass is 248 g/mol. The SMILES string of the molecule is CC(Nc1cnn(CC(N)=O)c1)c1nccn1C. The molecule has 2 aromatic rings. The van der Waals surface area contributed by atoms with Crippen LogP contribution in [0.1, 0.15) is 18.8 Å². The van der Waals surface area contributed by atoms with E-state index in [9.17, 15) is 4.79 Å². The largest absolute Gasteiger partial charge is 0.373 e. The van der Waals surface area contributed by atoms with Gasteiger partial charge in [-0.1, -0.05) is 0 Å². The number of nitrogens with one attached hydrogen (secondary N) is 1. The van der Waals surface area contributed by atoms with Gasteiger partial charge in [0.05, 0.1) is 17.9 Å². The van der Waals surface area contributed by atoms with Gasteiger partial charge in [-0.05, 0) is 6.92 Å². The van der Waals surface area contributed by atoms with Crippen LogP contribution >= 0.6 is 0 Å². The quantitative estimate of drug-likeness (QED) is 0.795. The standard InChI is InChI=1S/C11H16N6O/c1-8(11-13-3-4-16(11)2)15-9-5-14-17(6-9)7-10(12)18/h3-6,8,15H,7H2,1-2H3,(H2,12,18). The number of aryl methyl sites for hydroxylation is 1. The molecule has 0 fully saturated rings. The average Bonchev–Trinajstić information content (AvgIpc) is 2.87. The van der Waals surface area contributed by atoms with Crippen molar-refractivity contribution in [3.05, 3.63) is 30.6 Å². The van der Waals surface area contributed by atoms with Gasteiger partial charge in [-0.2, -0.15) is 5.10 Å². The molecule has 18 heavy (non-hydrogen) atoms. The molecule has 96 valence electrons. The number of imidazole rings is 1. The molecule has 1 amide bonds. The van der Waals surface area contributed by atoms with Gasteiger partial charge in [0.2, 0.25) is 5.91 Å². The number of primary amides is 1. The van der Waals surface area contributed by atoms with Crippen molar-refractivity contribution in [3.8, 4) is 0 Å². The Morgan fingerprint density at radius 3 is 3.00 bits per heavy atom. The number of aromatic nitrogens is 4. The topological polar surface area (TPSA) is 90.8 Å². The molecular weight excluding hydrogens is 232 g/mol. The zero-order valence-corrected chi connectivity index (χ0v) is 10.4. The lowest BCUT2D eigenvalue weighted by Gasteiger charge is -2.13. The minimum atomic E-state index is -0.415. The van der Waals surface area contributed by atoms with Crippen molar-refractivity contribution in [1.29, 1.82) is 0 Å². The Morgan fingerprint density at radius 1 is 1.61 bits per heavy atom. The lowest BCUT2D eigenvalue weighted by atomic mass is 10.3. The van der Waals surface area contributed by atoms with E-state index in [1.54, 1.807) is 18.6 Å². The zero-order chi connectivity index (χ0) is 13.1. The highest BCUT2D eigenvalue weighted by Crippen LogP contribution is 2.16. The van der Waals surface area contributed by atoms with E-state index in [0.29, 0.717) is 0 Å². The summed E-state index contributed by atoms with van der Waals surface area (Å²) in [6.07, 6.45) is 7.04. The molecule has 0 radical (unpaired) electrons. The van der Waals surface area contributed by atoms with Crippen LogP contribution in [-0.2, 0) is 18.4 Å². The fraction of sp³-hybridized carbons (Fsp3) is 0.364. The molecule has 0 spiro atoms. The Hall–Kier alpha value is -2.31. The summed E-state index contributed by atoms with van der Waals surface area (Å²) in [6.45, 7) is 2.09. The van der Waals surface area contributed by atoms with Crippen LogP contribution in [0.4, 0.5) is 5.69 Å². The van der Waals surface area contributed by atoms with Crippen LogP contribution < -0.4 is 11.1 Å². The van der Waals surface area contributed by atoms with Crippen LogP contribution in [0.2, 0.25) is 0 Å².